The van der Waals surface area contributed by atoms with Gasteiger partial charge < -0.3 is 9.84 Å². The van der Waals surface area contributed by atoms with Crippen LogP contribution in [0.5, 0.6) is 5.88 Å². The summed E-state index contributed by atoms with van der Waals surface area (Å²) >= 11 is 1.02. The summed E-state index contributed by atoms with van der Waals surface area (Å²) in [4.78, 5) is 16.5. The van der Waals surface area contributed by atoms with Crippen LogP contribution >= 0.6 is 11.3 Å². The molecule has 0 fully saturated rings. The molecule has 0 saturated carbocycles. The average molecular weight is 302 g/mol. The van der Waals surface area contributed by atoms with Crippen LogP contribution in [0.4, 0.5) is 5.69 Å². The van der Waals surface area contributed by atoms with E-state index in [-0.39, 0.29) is 10.8 Å². The fourth-order valence-electron chi connectivity index (χ4n) is 2.18. The average Bonchev–Trinajstić information content (AvgIpc) is 3.01. The van der Waals surface area contributed by atoms with Gasteiger partial charge in [0.2, 0.25) is 5.88 Å². The Balaban J connectivity index is 1.98. The van der Waals surface area contributed by atoms with Gasteiger partial charge in [-0.1, -0.05) is 29.5 Å². The number of rotatable bonds is 4. The van der Waals surface area contributed by atoms with Crippen LogP contribution in [-0.2, 0) is 11.3 Å². The first-order valence-electron chi connectivity index (χ1n) is 6.47. The monoisotopic (exact) mass is 302 g/mol. The number of aromatic hydroxyl groups is 1. The normalized spacial score (nSPS) is 14.8. The highest BCUT2D eigenvalue weighted by Crippen LogP contribution is 2.34. The fourth-order valence-corrected chi connectivity index (χ4v) is 3.05. The second kappa shape index (κ2) is 5.67. The largest absolute Gasteiger partial charge is 0.493 e. The molecule has 5 nitrogen and oxygen atoms in total. The van der Waals surface area contributed by atoms with Crippen molar-refractivity contribution in [1.82, 2.24) is 4.57 Å². The Bertz CT molecular complexity index is 786. The summed E-state index contributed by atoms with van der Waals surface area (Å²) in [6.45, 7) is 0.718. The van der Waals surface area contributed by atoms with Crippen LogP contribution in [0.1, 0.15) is 10.4 Å². The zero-order valence-electron chi connectivity index (χ0n) is 11.4. The predicted octanol–water partition coefficient (Wildman–Crippen LogP) is 2.52. The fraction of sp³-hybridized carbons (Fsp3) is 0.200. The third-order valence-corrected chi connectivity index (χ3v) is 4.17. The third-order valence-electron chi connectivity index (χ3n) is 3.26. The number of para-hydroxylation sites is 1. The van der Waals surface area contributed by atoms with E-state index in [0.717, 1.165) is 28.2 Å². The molecule has 6 heteroatoms. The van der Waals surface area contributed by atoms with Gasteiger partial charge in [0.25, 0.3) is 0 Å². The molecule has 3 rings (SSSR count). The van der Waals surface area contributed by atoms with Gasteiger partial charge in [-0.2, -0.15) is 0 Å². The molecular weight excluding hydrogens is 288 g/mol. The minimum Gasteiger partial charge on any atom is -0.493 e. The van der Waals surface area contributed by atoms with Gasteiger partial charge in [-0.25, -0.2) is 0 Å². The molecule has 0 amide bonds. The highest BCUT2D eigenvalue weighted by atomic mass is 32.1. The van der Waals surface area contributed by atoms with E-state index in [1.54, 1.807) is 19.4 Å². The smallest absolute Gasteiger partial charge is 0.310 e. The number of thiazole rings is 1. The van der Waals surface area contributed by atoms with Gasteiger partial charge in [0.05, 0.1) is 23.7 Å². The molecule has 1 N–H and O–H groups in total. The van der Waals surface area contributed by atoms with Crippen LogP contribution in [0.25, 0.3) is 11.6 Å². The van der Waals surface area contributed by atoms with Crippen molar-refractivity contribution in [3.63, 3.8) is 0 Å². The van der Waals surface area contributed by atoms with Crippen LogP contribution in [0.2, 0.25) is 0 Å². The minimum absolute atomic E-state index is 0.0210. The van der Waals surface area contributed by atoms with Gasteiger partial charge in [-0.15, -0.1) is 0 Å². The first kappa shape index (κ1) is 13.8. The first-order valence-corrected chi connectivity index (χ1v) is 7.29. The number of nitrogens with zero attached hydrogens (tertiary/aromatic N) is 2. The number of ether oxygens (including phenoxy) is 1. The lowest BCUT2D eigenvalue weighted by Crippen LogP contribution is -2.15. The Labute approximate surface area is 125 Å². The Morgan fingerprint density at radius 2 is 2.24 bits per heavy atom. The van der Waals surface area contributed by atoms with Gasteiger partial charge in [0, 0.05) is 24.5 Å². The van der Waals surface area contributed by atoms with Crippen molar-refractivity contribution in [1.29, 1.82) is 0 Å². The van der Waals surface area contributed by atoms with E-state index < -0.39 is 0 Å². The van der Waals surface area contributed by atoms with Crippen LogP contribution in [0, 0.1) is 0 Å². The molecule has 2 aromatic rings. The van der Waals surface area contributed by atoms with Crippen LogP contribution in [-0.4, -0.2) is 29.6 Å². The maximum Gasteiger partial charge on any atom is 0.310 e. The second-order valence-electron chi connectivity index (χ2n) is 4.58. The zero-order valence-corrected chi connectivity index (χ0v) is 12.3. The quantitative estimate of drug-likeness (QED) is 0.944. The molecule has 2 heterocycles. The number of methoxy groups -OCH3 is 1. The van der Waals surface area contributed by atoms with Crippen LogP contribution in [0.15, 0.2) is 34.1 Å². The number of aromatic nitrogens is 1. The summed E-state index contributed by atoms with van der Waals surface area (Å²) in [6.07, 6.45) is 3.54. The Morgan fingerprint density at radius 1 is 1.43 bits per heavy atom. The molecule has 1 aromatic carbocycles. The number of hydrogen-bond donors (Lipinski definition) is 1. The van der Waals surface area contributed by atoms with E-state index in [1.807, 2.05) is 24.3 Å². The molecule has 0 bridgehead atoms. The third kappa shape index (κ3) is 2.55. The first-order chi connectivity index (χ1) is 10.2. The van der Waals surface area contributed by atoms with Crippen molar-refractivity contribution in [2.75, 3.05) is 13.7 Å². The highest BCUT2D eigenvalue weighted by Gasteiger charge is 2.16. The van der Waals surface area contributed by atoms with E-state index in [2.05, 4.69) is 4.99 Å². The number of aliphatic imine (C=N–C) groups is 1. The van der Waals surface area contributed by atoms with Crippen molar-refractivity contribution in [3.8, 4) is 5.88 Å². The number of hydrogen-bond acceptors (Lipinski definition) is 5. The van der Waals surface area contributed by atoms with Crippen molar-refractivity contribution < 1.29 is 9.84 Å². The molecule has 0 spiro atoms. The maximum atomic E-state index is 11.9. The molecular formula is C15H14N2O3S. The van der Waals surface area contributed by atoms with E-state index in [1.165, 1.54) is 4.57 Å². The molecule has 21 heavy (non-hydrogen) atoms. The van der Waals surface area contributed by atoms with E-state index in [0.29, 0.717) is 18.0 Å². The predicted molar refractivity (Wildman–Crippen MR) is 84.6 cm³/mol. The van der Waals surface area contributed by atoms with Gasteiger partial charge in [-0.3, -0.25) is 14.4 Å². The Hall–Kier alpha value is -2.18. The standard InChI is InChI=1S/C15H14N2O3S/c1-20-7-6-17-14(18)13(21-15(17)19)8-10-9-16-12-5-3-2-4-11(10)12/h2-5,8-9,18H,6-7H2,1H3. The van der Waals surface area contributed by atoms with Crippen molar-refractivity contribution >= 4 is 34.9 Å². The minimum atomic E-state index is -0.195. The van der Waals surface area contributed by atoms with Gasteiger partial charge in [0.1, 0.15) is 0 Å². The van der Waals surface area contributed by atoms with Crippen molar-refractivity contribution in [2.45, 2.75) is 6.54 Å². The van der Waals surface area contributed by atoms with Crippen molar-refractivity contribution in [2.24, 2.45) is 4.99 Å². The highest BCUT2D eigenvalue weighted by molar-refractivity contribution is 7.10. The van der Waals surface area contributed by atoms with Crippen LogP contribution in [0.3, 0.4) is 0 Å². The number of allylic oxidation sites excluding steroid dienone is 1. The molecule has 0 atom stereocenters. The summed E-state index contributed by atoms with van der Waals surface area (Å²) in [7, 11) is 1.56. The molecule has 1 aliphatic rings. The Morgan fingerprint density at radius 3 is 3.05 bits per heavy atom. The molecule has 1 aromatic heterocycles. The summed E-state index contributed by atoms with van der Waals surface area (Å²) in [5, 5.41) is 10.2. The molecule has 0 radical (unpaired) electrons. The molecule has 0 aliphatic carbocycles. The SMILES string of the molecule is COCCn1c(O)c(C=C2C=Nc3ccccc32)sc1=O. The summed E-state index contributed by atoms with van der Waals surface area (Å²) < 4.78 is 6.26. The summed E-state index contributed by atoms with van der Waals surface area (Å²) in [5.74, 6) is -0.0210. The van der Waals surface area contributed by atoms with E-state index in [4.69, 9.17) is 4.74 Å². The molecule has 0 unspecified atom stereocenters. The number of benzene rings is 1. The second-order valence-corrected chi connectivity index (χ2v) is 5.57. The summed E-state index contributed by atoms with van der Waals surface area (Å²) in [6, 6.07) is 7.76. The van der Waals surface area contributed by atoms with Gasteiger partial charge in [-0.05, 0) is 12.1 Å². The molecule has 108 valence electrons. The molecule has 0 saturated heterocycles. The van der Waals surface area contributed by atoms with Gasteiger partial charge in [0.15, 0.2) is 0 Å². The van der Waals surface area contributed by atoms with Gasteiger partial charge >= 0.3 is 4.87 Å². The lowest BCUT2D eigenvalue weighted by molar-refractivity contribution is 0.183. The lowest BCUT2D eigenvalue weighted by Gasteiger charge is -2.02. The lowest BCUT2D eigenvalue weighted by atomic mass is 10.1. The number of fused-ring (bicyclic) bond motifs is 1. The zero-order chi connectivity index (χ0) is 14.8. The van der Waals surface area contributed by atoms with Crippen molar-refractivity contribution in [3.05, 3.63) is 44.4 Å². The topological polar surface area (TPSA) is 63.8 Å². The Kier molecular flexibility index (Phi) is 3.72. The van der Waals surface area contributed by atoms with Crippen LogP contribution < -0.4 is 4.87 Å². The summed E-state index contributed by atoms with van der Waals surface area (Å²) in [5.41, 5.74) is 2.79. The van der Waals surface area contributed by atoms with E-state index >= 15 is 0 Å². The maximum absolute atomic E-state index is 11.9. The van der Waals surface area contributed by atoms with E-state index in [9.17, 15) is 9.90 Å². The molecule has 1 aliphatic heterocycles.